The van der Waals surface area contributed by atoms with E-state index in [2.05, 4.69) is 70.9 Å². The number of fused-ring (bicyclic) bond motifs is 1. The number of aryl methyl sites for hydroxylation is 2. The van der Waals surface area contributed by atoms with E-state index in [1.807, 2.05) is 30.5 Å². The minimum absolute atomic E-state index is 0.120. The van der Waals surface area contributed by atoms with Crippen molar-refractivity contribution in [2.24, 2.45) is 0 Å². The summed E-state index contributed by atoms with van der Waals surface area (Å²) in [6.45, 7) is 6.05. The lowest BCUT2D eigenvalue weighted by molar-refractivity contribution is 0.393. The van der Waals surface area contributed by atoms with Crippen LogP contribution in [0.25, 0.3) is 28.0 Å². The maximum absolute atomic E-state index is 5.33. The molecule has 0 amide bonds. The average Bonchev–Trinajstić information content (AvgIpc) is 3.34. The summed E-state index contributed by atoms with van der Waals surface area (Å²) in [5.41, 5.74) is 6.95. The van der Waals surface area contributed by atoms with Crippen LogP contribution < -0.4 is 5.32 Å². The van der Waals surface area contributed by atoms with E-state index in [0.29, 0.717) is 0 Å². The lowest BCUT2D eigenvalue weighted by Crippen LogP contribution is -2.09. The van der Waals surface area contributed by atoms with Crippen LogP contribution >= 0.6 is 0 Å². The molecule has 0 aliphatic carbocycles. The summed E-state index contributed by atoms with van der Waals surface area (Å²) in [6.07, 6.45) is 5.49. The first kappa shape index (κ1) is 19.1. The highest BCUT2D eigenvalue weighted by Crippen LogP contribution is 2.34. The van der Waals surface area contributed by atoms with Gasteiger partial charge in [-0.15, -0.1) is 0 Å². The van der Waals surface area contributed by atoms with Gasteiger partial charge in [-0.2, -0.15) is 0 Å². The number of aromatic nitrogens is 4. The third-order valence-electron chi connectivity index (χ3n) is 5.56. The van der Waals surface area contributed by atoms with E-state index in [-0.39, 0.29) is 6.04 Å². The molecule has 3 aromatic heterocycles. The van der Waals surface area contributed by atoms with Gasteiger partial charge in [0.1, 0.15) is 17.3 Å². The van der Waals surface area contributed by atoms with Crippen molar-refractivity contribution in [3.63, 3.8) is 0 Å². The van der Waals surface area contributed by atoms with Gasteiger partial charge in [0, 0.05) is 29.6 Å². The van der Waals surface area contributed by atoms with Crippen molar-refractivity contribution in [3.8, 4) is 22.4 Å². The zero-order chi connectivity index (χ0) is 21.4. The molecule has 154 valence electrons. The summed E-state index contributed by atoms with van der Waals surface area (Å²) in [5, 5.41) is 7.73. The Bertz CT molecular complexity index is 1320. The summed E-state index contributed by atoms with van der Waals surface area (Å²) < 4.78 is 7.37. The minimum atomic E-state index is 0.120. The fourth-order valence-corrected chi connectivity index (χ4v) is 3.97. The Labute approximate surface area is 180 Å². The molecule has 0 aliphatic heterocycles. The van der Waals surface area contributed by atoms with Crippen LogP contribution in [-0.2, 0) is 0 Å². The van der Waals surface area contributed by atoms with Crippen LogP contribution in [0.15, 0.2) is 77.7 Å². The van der Waals surface area contributed by atoms with Crippen molar-refractivity contribution in [2.75, 3.05) is 5.32 Å². The normalized spacial score (nSPS) is 12.2. The van der Waals surface area contributed by atoms with Gasteiger partial charge in [-0.1, -0.05) is 59.8 Å². The number of hydrogen-bond acceptors (Lipinski definition) is 5. The molecule has 0 radical (unpaired) electrons. The highest BCUT2D eigenvalue weighted by molar-refractivity contribution is 5.79. The number of nitrogens with one attached hydrogen (secondary N) is 1. The molecule has 5 aromatic rings. The lowest BCUT2D eigenvalue weighted by atomic mass is 10.0. The maximum Gasteiger partial charge on any atom is 0.157 e. The molecule has 5 rings (SSSR count). The smallest absolute Gasteiger partial charge is 0.157 e. The zero-order valence-corrected chi connectivity index (χ0v) is 17.7. The highest BCUT2D eigenvalue weighted by Gasteiger charge is 2.18. The second-order valence-corrected chi connectivity index (χ2v) is 7.67. The largest absolute Gasteiger partial charge is 0.363 e. The quantitative estimate of drug-likeness (QED) is 0.395. The Morgan fingerprint density at radius 3 is 2.42 bits per heavy atom. The van der Waals surface area contributed by atoms with Gasteiger partial charge in [-0.25, -0.2) is 4.98 Å². The standard InChI is InChI=1S/C25H23N5O/c1-16(19-7-5-4-6-8-19)27-25-24(28-22-15-26-13-14-30(22)25)21-11-9-20(10-12-21)23-17(2)29-31-18(23)3/h4-16,27H,1-3H3/t16-/m1/s1. The molecule has 3 heterocycles. The third kappa shape index (κ3) is 3.46. The molecule has 0 fully saturated rings. The van der Waals surface area contributed by atoms with Crippen LogP contribution in [-0.4, -0.2) is 19.5 Å². The number of imidazole rings is 1. The van der Waals surface area contributed by atoms with Crippen molar-refractivity contribution in [3.05, 3.63) is 90.2 Å². The summed E-state index contributed by atoms with van der Waals surface area (Å²) in [5.74, 6) is 1.77. The first-order chi connectivity index (χ1) is 15.1. The molecule has 0 bridgehead atoms. The Balaban J connectivity index is 1.56. The predicted molar refractivity (Wildman–Crippen MR) is 122 cm³/mol. The van der Waals surface area contributed by atoms with Crippen molar-refractivity contribution >= 4 is 11.5 Å². The Kier molecular flexibility index (Phi) is 4.75. The van der Waals surface area contributed by atoms with Crippen molar-refractivity contribution in [1.82, 2.24) is 19.5 Å². The fraction of sp³-hybridized carbons (Fsp3) is 0.160. The van der Waals surface area contributed by atoms with Gasteiger partial charge < -0.3 is 9.84 Å². The molecule has 0 saturated heterocycles. The minimum Gasteiger partial charge on any atom is -0.363 e. The zero-order valence-electron chi connectivity index (χ0n) is 17.7. The first-order valence-corrected chi connectivity index (χ1v) is 10.3. The van der Waals surface area contributed by atoms with Crippen LogP contribution in [0.2, 0.25) is 0 Å². The fourth-order valence-electron chi connectivity index (χ4n) is 3.97. The topological polar surface area (TPSA) is 68.2 Å². The maximum atomic E-state index is 5.33. The van der Waals surface area contributed by atoms with Gasteiger partial charge >= 0.3 is 0 Å². The number of benzene rings is 2. The molecule has 31 heavy (non-hydrogen) atoms. The van der Waals surface area contributed by atoms with E-state index in [1.165, 1.54) is 5.56 Å². The molecule has 0 unspecified atom stereocenters. The average molecular weight is 409 g/mol. The van der Waals surface area contributed by atoms with Gasteiger partial charge in [-0.3, -0.25) is 9.38 Å². The van der Waals surface area contributed by atoms with E-state index in [1.54, 1.807) is 12.4 Å². The van der Waals surface area contributed by atoms with E-state index < -0.39 is 0 Å². The Hall–Kier alpha value is -3.93. The van der Waals surface area contributed by atoms with Crippen molar-refractivity contribution < 1.29 is 4.52 Å². The summed E-state index contributed by atoms with van der Waals surface area (Å²) >= 11 is 0. The van der Waals surface area contributed by atoms with Crippen LogP contribution in [0.5, 0.6) is 0 Å². The summed E-state index contributed by atoms with van der Waals surface area (Å²) in [6, 6.07) is 18.9. The highest BCUT2D eigenvalue weighted by atomic mass is 16.5. The van der Waals surface area contributed by atoms with E-state index in [4.69, 9.17) is 9.51 Å². The van der Waals surface area contributed by atoms with E-state index >= 15 is 0 Å². The Morgan fingerprint density at radius 2 is 1.71 bits per heavy atom. The Morgan fingerprint density at radius 1 is 0.968 bits per heavy atom. The molecule has 0 saturated carbocycles. The number of rotatable bonds is 5. The van der Waals surface area contributed by atoms with Crippen LogP contribution in [0, 0.1) is 13.8 Å². The second kappa shape index (κ2) is 7.72. The molecular formula is C25H23N5O. The lowest BCUT2D eigenvalue weighted by Gasteiger charge is -2.16. The van der Waals surface area contributed by atoms with Gasteiger partial charge in [0.25, 0.3) is 0 Å². The van der Waals surface area contributed by atoms with Crippen LogP contribution in [0.1, 0.15) is 30.0 Å². The van der Waals surface area contributed by atoms with Gasteiger partial charge in [-0.05, 0) is 31.9 Å². The number of anilines is 1. The monoisotopic (exact) mass is 409 g/mol. The molecule has 1 N–H and O–H groups in total. The van der Waals surface area contributed by atoms with Gasteiger partial charge in [0.15, 0.2) is 5.65 Å². The number of nitrogens with zero attached hydrogens (tertiary/aromatic N) is 4. The molecule has 0 aliphatic rings. The molecule has 6 heteroatoms. The SMILES string of the molecule is Cc1noc(C)c1-c1ccc(-c2nc3cnccn3c2N[C@H](C)c2ccccc2)cc1. The van der Waals surface area contributed by atoms with Crippen molar-refractivity contribution in [2.45, 2.75) is 26.8 Å². The molecule has 6 nitrogen and oxygen atoms in total. The molecule has 1 atom stereocenters. The molecule has 0 spiro atoms. The second-order valence-electron chi connectivity index (χ2n) is 7.67. The third-order valence-corrected chi connectivity index (χ3v) is 5.56. The molecular weight excluding hydrogens is 386 g/mol. The van der Waals surface area contributed by atoms with Gasteiger partial charge in [0.2, 0.25) is 0 Å². The van der Waals surface area contributed by atoms with Crippen LogP contribution in [0.4, 0.5) is 5.82 Å². The predicted octanol–water partition coefficient (Wildman–Crippen LogP) is 5.84. The first-order valence-electron chi connectivity index (χ1n) is 10.3. The van der Waals surface area contributed by atoms with E-state index in [9.17, 15) is 0 Å². The number of hydrogen-bond donors (Lipinski definition) is 1. The van der Waals surface area contributed by atoms with E-state index in [0.717, 1.165) is 45.3 Å². The summed E-state index contributed by atoms with van der Waals surface area (Å²) in [7, 11) is 0. The van der Waals surface area contributed by atoms with Gasteiger partial charge in [0.05, 0.1) is 11.9 Å². The molecule has 2 aromatic carbocycles. The van der Waals surface area contributed by atoms with Crippen molar-refractivity contribution in [1.29, 1.82) is 0 Å². The summed E-state index contributed by atoms with van der Waals surface area (Å²) in [4.78, 5) is 9.10. The van der Waals surface area contributed by atoms with Crippen LogP contribution in [0.3, 0.4) is 0 Å².